The molecule has 108 valence electrons. The minimum absolute atomic E-state index is 0.0770. The molecule has 0 fully saturated rings. The van der Waals surface area contributed by atoms with Crippen molar-refractivity contribution >= 4 is 11.6 Å². The summed E-state index contributed by atoms with van der Waals surface area (Å²) in [6.45, 7) is 0.745. The number of benzene rings is 2. The van der Waals surface area contributed by atoms with Crippen LogP contribution in [0.3, 0.4) is 0 Å². The maximum Gasteiger partial charge on any atom is 0.273 e. The number of nitrogens with zero attached hydrogens (tertiary/aromatic N) is 1. The van der Waals surface area contributed by atoms with Crippen LogP contribution >= 0.6 is 0 Å². The summed E-state index contributed by atoms with van der Waals surface area (Å²) in [5.74, 6) is -0.488. The zero-order chi connectivity index (χ0) is 15.2. The fourth-order valence-corrected chi connectivity index (χ4v) is 2.09. The zero-order valence-electron chi connectivity index (χ0n) is 11.3. The second-order valence-electron chi connectivity index (χ2n) is 4.51. The van der Waals surface area contributed by atoms with E-state index in [9.17, 15) is 14.9 Å². The van der Waals surface area contributed by atoms with Crippen LogP contribution in [-0.4, -0.2) is 10.8 Å². The van der Waals surface area contributed by atoms with Crippen molar-refractivity contribution in [3.05, 3.63) is 75.3 Å². The fourth-order valence-electron chi connectivity index (χ4n) is 2.09. The number of amides is 1. The molecule has 2 aromatic carbocycles. The van der Waals surface area contributed by atoms with Gasteiger partial charge in [0.2, 0.25) is 5.91 Å². The van der Waals surface area contributed by atoms with Crippen LogP contribution < -0.4 is 11.1 Å². The van der Waals surface area contributed by atoms with Crippen LogP contribution in [0, 0.1) is 10.1 Å². The molecule has 1 amide bonds. The Balaban J connectivity index is 2.06. The number of hydrogen-bond acceptors (Lipinski definition) is 4. The van der Waals surface area contributed by atoms with E-state index < -0.39 is 10.8 Å². The van der Waals surface area contributed by atoms with Crippen LogP contribution in [-0.2, 0) is 13.1 Å². The molecule has 0 aliphatic rings. The standard InChI is InChI=1S/C15H15N3O3/c16-15(19)13-7-3-1-5-11(13)9-17-10-12-6-2-4-8-14(12)18(20)21/h1-8,17H,9-10H2,(H2,16,19). The third kappa shape index (κ3) is 3.64. The molecule has 0 atom stereocenters. The second-order valence-corrected chi connectivity index (χ2v) is 4.51. The van der Waals surface area contributed by atoms with E-state index in [1.807, 2.05) is 6.07 Å². The van der Waals surface area contributed by atoms with E-state index in [0.717, 1.165) is 5.56 Å². The van der Waals surface area contributed by atoms with Gasteiger partial charge in [0.25, 0.3) is 5.69 Å². The minimum atomic E-state index is -0.488. The van der Waals surface area contributed by atoms with Gasteiger partial charge in [0.05, 0.1) is 4.92 Å². The first-order chi connectivity index (χ1) is 10.1. The Morgan fingerprint density at radius 2 is 1.62 bits per heavy atom. The maximum atomic E-state index is 11.3. The van der Waals surface area contributed by atoms with E-state index in [1.54, 1.807) is 36.4 Å². The molecule has 0 heterocycles. The molecule has 0 aromatic heterocycles. The number of hydrogen-bond donors (Lipinski definition) is 2. The van der Waals surface area contributed by atoms with Gasteiger partial charge in [-0.1, -0.05) is 36.4 Å². The zero-order valence-corrected chi connectivity index (χ0v) is 11.3. The van der Waals surface area contributed by atoms with Crippen LogP contribution in [0.2, 0.25) is 0 Å². The van der Waals surface area contributed by atoms with Crippen LogP contribution in [0.1, 0.15) is 21.5 Å². The topological polar surface area (TPSA) is 98.3 Å². The van der Waals surface area contributed by atoms with Crippen LogP contribution in [0.15, 0.2) is 48.5 Å². The summed E-state index contributed by atoms with van der Waals surface area (Å²) < 4.78 is 0. The molecular weight excluding hydrogens is 270 g/mol. The monoisotopic (exact) mass is 285 g/mol. The molecule has 0 aliphatic carbocycles. The molecule has 21 heavy (non-hydrogen) atoms. The lowest BCUT2D eigenvalue weighted by Crippen LogP contribution is -2.19. The highest BCUT2D eigenvalue weighted by molar-refractivity contribution is 5.94. The lowest BCUT2D eigenvalue weighted by atomic mass is 10.1. The molecule has 2 aromatic rings. The molecule has 0 bridgehead atoms. The highest BCUT2D eigenvalue weighted by Gasteiger charge is 2.12. The van der Waals surface area contributed by atoms with Crippen molar-refractivity contribution < 1.29 is 9.72 Å². The third-order valence-corrected chi connectivity index (χ3v) is 3.10. The smallest absolute Gasteiger partial charge is 0.273 e. The highest BCUT2D eigenvalue weighted by atomic mass is 16.6. The number of nitrogens with two attached hydrogens (primary N) is 1. The summed E-state index contributed by atoms with van der Waals surface area (Å²) in [4.78, 5) is 21.8. The first kappa shape index (κ1) is 14.7. The lowest BCUT2D eigenvalue weighted by molar-refractivity contribution is -0.385. The summed E-state index contributed by atoms with van der Waals surface area (Å²) in [7, 11) is 0. The van der Waals surface area contributed by atoms with Crippen LogP contribution in [0.5, 0.6) is 0 Å². The Labute approximate surface area is 121 Å². The molecule has 0 saturated heterocycles. The predicted molar refractivity (Wildman–Crippen MR) is 78.6 cm³/mol. The van der Waals surface area contributed by atoms with E-state index in [-0.39, 0.29) is 5.69 Å². The van der Waals surface area contributed by atoms with Gasteiger partial charge in [0, 0.05) is 30.3 Å². The molecule has 6 heteroatoms. The normalized spacial score (nSPS) is 10.3. The number of primary amides is 1. The molecule has 0 saturated carbocycles. The molecule has 0 spiro atoms. The van der Waals surface area contributed by atoms with Crippen molar-refractivity contribution in [3.8, 4) is 0 Å². The number of nitrogens with one attached hydrogen (secondary N) is 1. The van der Waals surface area contributed by atoms with Crippen LogP contribution in [0.25, 0.3) is 0 Å². The number of nitro groups is 1. The number of rotatable bonds is 6. The van der Waals surface area contributed by atoms with Gasteiger partial charge in [0.15, 0.2) is 0 Å². The molecular formula is C15H15N3O3. The Bertz CT molecular complexity index is 613. The van der Waals surface area contributed by atoms with E-state index in [2.05, 4.69) is 5.32 Å². The van der Waals surface area contributed by atoms with Gasteiger partial charge in [-0.3, -0.25) is 14.9 Å². The van der Waals surface area contributed by atoms with Crippen LogP contribution in [0.4, 0.5) is 5.69 Å². The Hall–Kier alpha value is -2.73. The summed E-state index contributed by atoms with van der Waals surface area (Å²) in [5.41, 5.74) is 7.20. The van der Waals surface area contributed by atoms with E-state index in [1.165, 1.54) is 6.07 Å². The van der Waals surface area contributed by atoms with Crippen molar-refractivity contribution in [1.29, 1.82) is 0 Å². The maximum absolute atomic E-state index is 11.3. The number of carbonyl (C=O) groups is 1. The van der Waals surface area contributed by atoms with Gasteiger partial charge in [-0.15, -0.1) is 0 Å². The quantitative estimate of drug-likeness (QED) is 0.626. The Kier molecular flexibility index (Phi) is 4.63. The van der Waals surface area contributed by atoms with Gasteiger partial charge in [0.1, 0.15) is 0 Å². The molecule has 3 N–H and O–H groups in total. The molecule has 0 aliphatic heterocycles. The number of carbonyl (C=O) groups excluding carboxylic acids is 1. The molecule has 0 radical (unpaired) electrons. The largest absolute Gasteiger partial charge is 0.366 e. The summed E-state index contributed by atoms with van der Waals surface area (Å²) in [6.07, 6.45) is 0. The van der Waals surface area contributed by atoms with Gasteiger partial charge in [-0.2, -0.15) is 0 Å². The predicted octanol–water partition coefficient (Wildman–Crippen LogP) is 1.98. The van der Waals surface area contributed by atoms with Gasteiger partial charge >= 0.3 is 0 Å². The first-order valence-corrected chi connectivity index (χ1v) is 6.40. The molecule has 6 nitrogen and oxygen atoms in total. The lowest BCUT2D eigenvalue weighted by Gasteiger charge is -2.08. The SMILES string of the molecule is NC(=O)c1ccccc1CNCc1ccccc1[N+](=O)[O-]. The second kappa shape index (κ2) is 6.62. The average Bonchev–Trinajstić information content (AvgIpc) is 2.48. The van der Waals surface area contributed by atoms with Crippen molar-refractivity contribution in [3.63, 3.8) is 0 Å². The summed E-state index contributed by atoms with van der Waals surface area (Å²) in [6, 6.07) is 13.6. The molecule has 2 rings (SSSR count). The Morgan fingerprint density at radius 3 is 2.29 bits per heavy atom. The van der Waals surface area contributed by atoms with E-state index in [0.29, 0.717) is 24.2 Å². The highest BCUT2D eigenvalue weighted by Crippen LogP contribution is 2.17. The van der Waals surface area contributed by atoms with E-state index >= 15 is 0 Å². The number of nitro benzene ring substituents is 1. The van der Waals surface area contributed by atoms with Gasteiger partial charge in [-0.25, -0.2) is 0 Å². The minimum Gasteiger partial charge on any atom is -0.366 e. The molecule has 0 unspecified atom stereocenters. The summed E-state index contributed by atoms with van der Waals surface area (Å²) >= 11 is 0. The average molecular weight is 285 g/mol. The Morgan fingerprint density at radius 1 is 1.05 bits per heavy atom. The third-order valence-electron chi connectivity index (χ3n) is 3.10. The van der Waals surface area contributed by atoms with Crippen molar-refractivity contribution in [1.82, 2.24) is 5.32 Å². The van der Waals surface area contributed by atoms with Crippen molar-refractivity contribution in [2.24, 2.45) is 5.73 Å². The van der Waals surface area contributed by atoms with E-state index in [4.69, 9.17) is 5.73 Å². The fraction of sp³-hybridized carbons (Fsp3) is 0.133. The van der Waals surface area contributed by atoms with Crippen molar-refractivity contribution in [2.75, 3.05) is 0 Å². The van der Waals surface area contributed by atoms with Crippen molar-refractivity contribution in [2.45, 2.75) is 13.1 Å². The summed E-state index contributed by atoms with van der Waals surface area (Å²) in [5, 5.41) is 14.0. The van der Waals surface area contributed by atoms with Gasteiger partial charge < -0.3 is 11.1 Å². The first-order valence-electron chi connectivity index (χ1n) is 6.40. The van der Waals surface area contributed by atoms with Gasteiger partial charge in [-0.05, 0) is 11.6 Å². The number of para-hydroxylation sites is 1.